The van der Waals surface area contributed by atoms with Gasteiger partial charge < -0.3 is 20.5 Å². The van der Waals surface area contributed by atoms with Gasteiger partial charge in [-0.1, -0.05) is 18.5 Å². The van der Waals surface area contributed by atoms with E-state index in [1.165, 1.54) is 26.1 Å². The molecule has 3 atom stereocenters. The number of hydrogen-bond acceptors (Lipinski definition) is 4. The van der Waals surface area contributed by atoms with Gasteiger partial charge in [0, 0.05) is 43.7 Å². The molecule has 0 bridgehead atoms. The molecule has 8 nitrogen and oxygen atoms in total. The lowest BCUT2D eigenvalue weighted by atomic mass is 9.72. The summed E-state index contributed by atoms with van der Waals surface area (Å²) < 4.78 is 42.6. The van der Waals surface area contributed by atoms with Crippen molar-refractivity contribution in [2.24, 2.45) is 11.8 Å². The molecule has 3 N–H and O–H groups in total. The number of amides is 3. The van der Waals surface area contributed by atoms with Crippen LogP contribution in [-0.2, 0) is 16.1 Å². The molecule has 0 unspecified atom stereocenters. The Morgan fingerprint density at radius 2 is 1.84 bits per heavy atom. The van der Waals surface area contributed by atoms with Gasteiger partial charge in [0.15, 0.2) is 0 Å². The van der Waals surface area contributed by atoms with Crippen LogP contribution in [0.25, 0.3) is 0 Å². The number of halogens is 4. The van der Waals surface area contributed by atoms with E-state index < -0.39 is 53.6 Å². The molecule has 5 rings (SSSR count). The normalized spacial score (nSPS) is 23.8. The van der Waals surface area contributed by atoms with Crippen LogP contribution in [0.4, 0.5) is 18.9 Å². The summed E-state index contributed by atoms with van der Waals surface area (Å²) >= 11 is 5.81. The molecule has 0 saturated heterocycles. The van der Waals surface area contributed by atoms with Crippen LogP contribution in [0.15, 0.2) is 18.2 Å². The van der Waals surface area contributed by atoms with Crippen molar-refractivity contribution in [2.45, 2.75) is 50.6 Å². The molecular weight excluding hydrogens is 513 g/mol. The van der Waals surface area contributed by atoms with Crippen molar-refractivity contribution < 1.29 is 32.3 Å². The number of fused-ring (bicyclic) bond motifs is 3. The summed E-state index contributed by atoms with van der Waals surface area (Å²) in [6, 6.07) is 3.70. The Kier molecular flexibility index (Phi) is 5.70. The second kappa shape index (κ2) is 8.34. The maximum atomic E-state index is 13.7. The van der Waals surface area contributed by atoms with Crippen molar-refractivity contribution in [2.75, 3.05) is 12.4 Å². The Morgan fingerprint density at radius 3 is 2.43 bits per heavy atom. The Labute approximate surface area is 214 Å². The van der Waals surface area contributed by atoms with Crippen LogP contribution < -0.4 is 16.0 Å². The van der Waals surface area contributed by atoms with E-state index in [-0.39, 0.29) is 45.3 Å². The van der Waals surface area contributed by atoms with E-state index in [0.29, 0.717) is 12.2 Å². The number of likely N-dealkylation sites (N-methyl/N-ethyl adjacent to an activating group) is 1. The van der Waals surface area contributed by atoms with Gasteiger partial charge in [-0.15, -0.1) is 0 Å². The minimum Gasteiger partial charge on any atom is -0.357 e. The summed E-state index contributed by atoms with van der Waals surface area (Å²) in [6.45, 7) is 4.01. The minimum absolute atomic E-state index is 0.0341. The molecule has 3 amide bonds. The maximum absolute atomic E-state index is 13.7. The molecule has 1 aliphatic heterocycles. The summed E-state index contributed by atoms with van der Waals surface area (Å²) in [5, 5.41) is 6.98. The summed E-state index contributed by atoms with van der Waals surface area (Å²) in [4.78, 5) is 52.0. The highest BCUT2D eigenvalue weighted by molar-refractivity contribution is 6.44. The molecule has 2 saturated carbocycles. The number of Topliss-reactive ketones (excluding diaryl/α,β-unsaturated/α-hetero) is 1. The topological polar surface area (TPSA) is 109 Å². The number of anilines is 1. The van der Waals surface area contributed by atoms with Crippen LogP contribution in [-0.4, -0.2) is 46.6 Å². The standard InChI is InChI=1S/C25H24ClF3N4O4/c1-10-13-7-33-18(21(35)31-12-4-5-15(27)14(26)6-12)11(2)17(19(33)16(10)13)20(34)22(36)32-24(23(37)30-3)8-25(28,29)9-24/h4-6,10,13,16H,7-9H2,1-3H3,(H,30,37)(H,31,35)(H,32,36)/t10-,13+,16-/m0/s1. The van der Waals surface area contributed by atoms with Crippen LogP contribution in [0, 0.1) is 24.6 Å². The number of rotatable bonds is 6. The van der Waals surface area contributed by atoms with Crippen molar-refractivity contribution in [3.05, 3.63) is 51.6 Å². The first-order valence-corrected chi connectivity index (χ1v) is 12.1. The largest absolute Gasteiger partial charge is 0.357 e. The average Bonchev–Trinajstić information content (AvgIpc) is 3.12. The third kappa shape index (κ3) is 3.91. The van der Waals surface area contributed by atoms with Crippen molar-refractivity contribution >= 4 is 40.8 Å². The van der Waals surface area contributed by atoms with E-state index in [4.69, 9.17) is 11.6 Å². The number of alkyl halides is 2. The summed E-state index contributed by atoms with van der Waals surface area (Å²) in [6.07, 6.45) is -1.83. The Bertz CT molecular complexity index is 1380. The number of benzene rings is 1. The highest BCUT2D eigenvalue weighted by Gasteiger charge is 2.62. The zero-order valence-electron chi connectivity index (χ0n) is 20.2. The van der Waals surface area contributed by atoms with E-state index >= 15 is 0 Å². The number of ketones is 1. The molecule has 2 aromatic rings. The molecule has 2 fully saturated rings. The summed E-state index contributed by atoms with van der Waals surface area (Å²) in [5.74, 6) is -6.96. The Balaban J connectivity index is 1.47. The van der Waals surface area contributed by atoms with Gasteiger partial charge in [0.05, 0.1) is 10.6 Å². The van der Waals surface area contributed by atoms with E-state index in [1.54, 1.807) is 4.57 Å². The number of nitrogens with zero attached hydrogens (tertiary/aromatic N) is 1. The number of carbonyl (C=O) groups is 4. The summed E-state index contributed by atoms with van der Waals surface area (Å²) in [5.41, 5.74) is -0.639. The van der Waals surface area contributed by atoms with Crippen molar-refractivity contribution in [3.8, 4) is 0 Å². The van der Waals surface area contributed by atoms with Gasteiger partial charge in [-0.05, 0) is 42.5 Å². The minimum atomic E-state index is -3.14. The maximum Gasteiger partial charge on any atom is 0.293 e. The SMILES string of the molecule is CNC(=O)C1(NC(=O)C(=O)c2c(C)c(C(=O)Nc3ccc(F)c(Cl)c3)n3c2[C@H]2[C@@H](C)[C@H]2C3)CC(F)(F)C1. The Hall–Kier alpha value is -3.34. The van der Waals surface area contributed by atoms with Crippen LogP contribution in [0.2, 0.25) is 5.02 Å². The van der Waals surface area contributed by atoms with E-state index in [1.807, 2.05) is 6.92 Å². The van der Waals surface area contributed by atoms with Gasteiger partial charge in [0.2, 0.25) is 5.91 Å². The zero-order valence-corrected chi connectivity index (χ0v) is 20.9. The second-order valence-corrected chi connectivity index (χ2v) is 10.5. The molecule has 1 aromatic heterocycles. The predicted octanol–water partition coefficient (Wildman–Crippen LogP) is 3.42. The summed E-state index contributed by atoms with van der Waals surface area (Å²) in [7, 11) is 1.26. The van der Waals surface area contributed by atoms with Crippen molar-refractivity contribution in [3.63, 3.8) is 0 Å². The van der Waals surface area contributed by atoms with Crippen molar-refractivity contribution in [1.82, 2.24) is 15.2 Å². The fraction of sp³-hybridized carbons (Fsp3) is 0.440. The van der Waals surface area contributed by atoms with Gasteiger partial charge in [0.25, 0.3) is 23.5 Å². The lowest BCUT2D eigenvalue weighted by Gasteiger charge is -2.45. The third-order valence-corrected chi connectivity index (χ3v) is 8.07. The third-order valence-electron chi connectivity index (χ3n) is 7.78. The van der Waals surface area contributed by atoms with Gasteiger partial charge in [-0.2, -0.15) is 0 Å². The van der Waals surface area contributed by atoms with Crippen LogP contribution in [0.3, 0.4) is 0 Å². The number of nitrogens with one attached hydrogen (secondary N) is 3. The Morgan fingerprint density at radius 1 is 1.16 bits per heavy atom. The van der Waals surface area contributed by atoms with Crippen LogP contribution in [0.1, 0.15) is 57.8 Å². The van der Waals surface area contributed by atoms with Gasteiger partial charge in [-0.25, -0.2) is 13.2 Å². The first kappa shape index (κ1) is 25.3. The zero-order chi connectivity index (χ0) is 27.0. The molecule has 37 heavy (non-hydrogen) atoms. The molecule has 1 aromatic carbocycles. The number of carbonyl (C=O) groups excluding carboxylic acids is 4. The average molecular weight is 537 g/mol. The predicted molar refractivity (Wildman–Crippen MR) is 127 cm³/mol. The van der Waals surface area contributed by atoms with E-state index in [9.17, 15) is 32.3 Å². The molecule has 2 heterocycles. The number of hydrogen-bond donors (Lipinski definition) is 3. The quantitative estimate of drug-likeness (QED) is 0.388. The monoisotopic (exact) mass is 536 g/mol. The smallest absolute Gasteiger partial charge is 0.293 e. The van der Waals surface area contributed by atoms with Crippen molar-refractivity contribution in [1.29, 1.82) is 0 Å². The molecule has 2 aliphatic carbocycles. The highest BCUT2D eigenvalue weighted by atomic mass is 35.5. The van der Waals surface area contributed by atoms with E-state index in [0.717, 1.165) is 6.07 Å². The van der Waals surface area contributed by atoms with Crippen LogP contribution >= 0.6 is 11.6 Å². The highest BCUT2D eigenvalue weighted by Crippen LogP contribution is 2.61. The first-order valence-electron chi connectivity index (χ1n) is 11.8. The fourth-order valence-corrected chi connectivity index (χ4v) is 6.08. The molecule has 3 aliphatic rings. The van der Waals surface area contributed by atoms with Gasteiger partial charge in [0.1, 0.15) is 17.1 Å². The van der Waals surface area contributed by atoms with Gasteiger partial charge in [-0.3, -0.25) is 19.2 Å². The molecular formula is C25H24ClF3N4O4. The molecule has 0 spiro atoms. The molecule has 196 valence electrons. The number of aromatic nitrogens is 1. The van der Waals surface area contributed by atoms with Gasteiger partial charge >= 0.3 is 0 Å². The van der Waals surface area contributed by atoms with Crippen LogP contribution in [0.5, 0.6) is 0 Å². The lowest BCUT2D eigenvalue weighted by molar-refractivity contribution is -0.164. The molecule has 0 radical (unpaired) electrons. The van der Waals surface area contributed by atoms with E-state index in [2.05, 4.69) is 16.0 Å². The second-order valence-electron chi connectivity index (χ2n) is 10.1. The molecule has 12 heteroatoms. The fourth-order valence-electron chi connectivity index (χ4n) is 5.90. The first-order chi connectivity index (χ1) is 17.3. The lowest BCUT2D eigenvalue weighted by Crippen LogP contribution is -2.69.